The second-order valence-electron chi connectivity index (χ2n) is 4.76. The number of nitrogens with one attached hydrogen (secondary N) is 2. The Labute approximate surface area is 122 Å². The summed E-state index contributed by atoms with van der Waals surface area (Å²) in [6, 6.07) is 2.77. The molecule has 0 saturated carbocycles. The highest BCUT2D eigenvalue weighted by molar-refractivity contribution is 6.01. The average molecular weight is 293 g/mol. The molecule has 0 atom stereocenters. The maximum atomic E-state index is 11.7. The summed E-state index contributed by atoms with van der Waals surface area (Å²) in [7, 11) is 0. The Kier molecular flexibility index (Phi) is 5.71. The number of carbonyl (C=O) groups is 3. The zero-order valence-corrected chi connectivity index (χ0v) is 12.0. The van der Waals surface area contributed by atoms with E-state index in [0.29, 0.717) is 12.0 Å². The number of hydrogen-bond acceptors (Lipinski definition) is 3. The maximum Gasteiger partial charge on any atom is 0.337 e. The summed E-state index contributed by atoms with van der Waals surface area (Å²) in [5.74, 6) is -1.54. The van der Waals surface area contributed by atoms with Crippen LogP contribution < -0.4 is 16.4 Å². The van der Waals surface area contributed by atoms with Gasteiger partial charge in [-0.3, -0.25) is 4.79 Å². The van der Waals surface area contributed by atoms with E-state index in [9.17, 15) is 19.5 Å². The lowest BCUT2D eigenvalue weighted by atomic mass is 10.0. The predicted octanol–water partition coefficient (Wildman–Crippen LogP) is 1.39. The summed E-state index contributed by atoms with van der Waals surface area (Å²) in [6.45, 7) is 3.79. The Morgan fingerprint density at radius 2 is 1.90 bits per heavy atom. The van der Waals surface area contributed by atoms with E-state index in [1.165, 1.54) is 6.07 Å². The third-order valence-electron chi connectivity index (χ3n) is 2.83. The van der Waals surface area contributed by atoms with Crippen LogP contribution in [0, 0.1) is 13.8 Å². The second-order valence-corrected chi connectivity index (χ2v) is 4.76. The highest BCUT2D eigenvalue weighted by Crippen LogP contribution is 2.22. The lowest BCUT2D eigenvalue weighted by Crippen LogP contribution is -2.31. The van der Waals surface area contributed by atoms with Crippen molar-refractivity contribution in [2.24, 2.45) is 5.73 Å². The summed E-state index contributed by atoms with van der Waals surface area (Å²) in [4.78, 5) is 33.5. The first-order valence-corrected chi connectivity index (χ1v) is 6.49. The van der Waals surface area contributed by atoms with Crippen molar-refractivity contribution in [1.29, 1.82) is 0 Å². The first-order valence-electron chi connectivity index (χ1n) is 6.49. The molecule has 0 bridgehead atoms. The summed E-state index contributed by atoms with van der Waals surface area (Å²) < 4.78 is 0. The molecule has 1 aromatic rings. The van der Waals surface area contributed by atoms with Gasteiger partial charge in [0.05, 0.1) is 11.3 Å². The van der Waals surface area contributed by atoms with E-state index in [4.69, 9.17) is 5.73 Å². The van der Waals surface area contributed by atoms with Crippen LogP contribution in [0.25, 0.3) is 0 Å². The number of urea groups is 1. The molecule has 0 radical (unpaired) electrons. The fourth-order valence-corrected chi connectivity index (χ4v) is 1.92. The molecule has 0 aromatic heterocycles. The molecule has 0 aliphatic rings. The minimum absolute atomic E-state index is 0.0415. The van der Waals surface area contributed by atoms with Crippen molar-refractivity contribution in [1.82, 2.24) is 5.32 Å². The second kappa shape index (κ2) is 7.28. The van der Waals surface area contributed by atoms with Crippen LogP contribution in [0.4, 0.5) is 10.5 Å². The third kappa shape index (κ3) is 5.13. The molecule has 7 heteroatoms. The van der Waals surface area contributed by atoms with Gasteiger partial charge in [-0.05, 0) is 37.5 Å². The average Bonchev–Trinajstić information content (AvgIpc) is 2.37. The van der Waals surface area contributed by atoms with Gasteiger partial charge in [-0.15, -0.1) is 0 Å². The number of carboxylic acids is 1. The first kappa shape index (κ1) is 16.5. The third-order valence-corrected chi connectivity index (χ3v) is 2.83. The first-order chi connectivity index (χ1) is 9.81. The van der Waals surface area contributed by atoms with Crippen molar-refractivity contribution >= 4 is 23.6 Å². The van der Waals surface area contributed by atoms with Crippen LogP contribution in [0.2, 0.25) is 0 Å². The standard InChI is InChI=1S/C14H19N3O4/c1-8-6-9(2)12(10(7-8)13(19)20)17-14(21)16-5-3-4-11(15)18/h6-7H,3-5H2,1-2H3,(H2,15,18)(H,19,20)(H2,16,17,21). The summed E-state index contributed by atoms with van der Waals surface area (Å²) >= 11 is 0. The number of amides is 3. The van der Waals surface area contributed by atoms with E-state index >= 15 is 0 Å². The quantitative estimate of drug-likeness (QED) is 0.592. The molecular weight excluding hydrogens is 274 g/mol. The van der Waals surface area contributed by atoms with Crippen LogP contribution in [0.15, 0.2) is 12.1 Å². The van der Waals surface area contributed by atoms with Crippen LogP contribution in [0.3, 0.4) is 0 Å². The van der Waals surface area contributed by atoms with E-state index in [-0.39, 0.29) is 24.2 Å². The van der Waals surface area contributed by atoms with E-state index < -0.39 is 17.9 Å². The molecule has 5 N–H and O–H groups in total. The van der Waals surface area contributed by atoms with Gasteiger partial charge >= 0.3 is 12.0 Å². The van der Waals surface area contributed by atoms with Gasteiger partial charge in [0.25, 0.3) is 0 Å². The molecule has 0 fully saturated rings. The van der Waals surface area contributed by atoms with E-state index in [1.807, 2.05) is 0 Å². The number of anilines is 1. The molecular formula is C14H19N3O4. The Balaban J connectivity index is 2.72. The molecule has 0 aliphatic heterocycles. The smallest absolute Gasteiger partial charge is 0.337 e. The maximum absolute atomic E-state index is 11.7. The van der Waals surface area contributed by atoms with E-state index in [0.717, 1.165) is 5.56 Å². The Hall–Kier alpha value is -2.57. The molecule has 0 unspecified atom stereocenters. The lowest BCUT2D eigenvalue weighted by molar-refractivity contribution is -0.118. The van der Waals surface area contributed by atoms with Crippen molar-refractivity contribution in [3.8, 4) is 0 Å². The number of hydrogen-bond donors (Lipinski definition) is 4. The molecule has 114 valence electrons. The van der Waals surface area contributed by atoms with Crippen LogP contribution >= 0.6 is 0 Å². The van der Waals surface area contributed by atoms with Crippen molar-refractivity contribution in [3.05, 3.63) is 28.8 Å². The fraction of sp³-hybridized carbons (Fsp3) is 0.357. The molecule has 0 aliphatic carbocycles. The van der Waals surface area contributed by atoms with Crippen LogP contribution in [0.5, 0.6) is 0 Å². The number of benzene rings is 1. The molecule has 1 rings (SSSR count). The van der Waals surface area contributed by atoms with Crippen LogP contribution in [0.1, 0.15) is 34.3 Å². The van der Waals surface area contributed by atoms with Crippen LogP contribution in [-0.2, 0) is 4.79 Å². The van der Waals surface area contributed by atoms with Crippen molar-refractivity contribution < 1.29 is 19.5 Å². The molecule has 1 aromatic carbocycles. The molecule has 3 amide bonds. The molecule has 0 heterocycles. The summed E-state index contributed by atoms with van der Waals surface area (Å²) in [6.07, 6.45) is 0.617. The highest BCUT2D eigenvalue weighted by atomic mass is 16.4. The predicted molar refractivity (Wildman–Crippen MR) is 78.3 cm³/mol. The number of primary amides is 1. The topological polar surface area (TPSA) is 122 Å². The SMILES string of the molecule is Cc1cc(C)c(NC(=O)NCCCC(N)=O)c(C(=O)O)c1. The van der Waals surface area contributed by atoms with Crippen molar-refractivity contribution in [3.63, 3.8) is 0 Å². The number of aromatic carboxylic acids is 1. The van der Waals surface area contributed by atoms with Gasteiger partial charge in [-0.1, -0.05) is 6.07 Å². The minimum Gasteiger partial charge on any atom is -0.478 e. The van der Waals surface area contributed by atoms with Gasteiger partial charge in [-0.2, -0.15) is 0 Å². The van der Waals surface area contributed by atoms with Crippen LogP contribution in [-0.4, -0.2) is 29.6 Å². The minimum atomic E-state index is -1.11. The lowest BCUT2D eigenvalue weighted by Gasteiger charge is -2.13. The number of nitrogens with two attached hydrogens (primary N) is 1. The largest absolute Gasteiger partial charge is 0.478 e. The zero-order chi connectivity index (χ0) is 16.0. The van der Waals surface area contributed by atoms with Gasteiger partial charge in [0.15, 0.2) is 0 Å². The van der Waals surface area contributed by atoms with Crippen molar-refractivity contribution in [2.75, 3.05) is 11.9 Å². The molecule has 0 spiro atoms. The van der Waals surface area contributed by atoms with Gasteiger partial charge < -0.3 is 21.5 Å². The van der Waals surface area contributed by atoms with Crippen molar-refractivity contribution in [2.45, 2.75) is 26.7 Å². The molecule has 21 heavy (non-hydrogen) atoms. The normalized spacial score (nSPS) is 10.0. The Bertz CT molecular complexity index is 570. The van der Waals surface area contributed by atoms with Gasteiger partial charge in [0.2, 0.25) is 5.91 Å². The molecule has 0 saturated heterocycles. The highest BCUT2D eigenvalue weighted by Gasteiger charge is 2.15. The monoisotopic (exact) mass is 293 g/mol. The van der Waals surface area contributed by atoms with Gasteiger partial charge in [0, 0.05) is 13.0 Å². The zero-order valence-electron chi connectivity index (χ0n) is 12.0. The number of rotatable bonds is 6. The molecule has 7 nitrogen and oxygen atoms in total. The number of carbonyl (C=O) groups excluding carboxylic acids is 2. The van der Waals surface area contributed by atoms with E-state index in [2.05, 4.69) is 10.6 Å². The summed E-state index contributed by atoms with van der Waals surface area (Å²) in [5, 5.41) is 14.3. The fourth-order valence-electron chi connectivity index (χ4n) is 1.92. The summed E-state index contributed by atoms with van der Waals surface area (Å²) in [5.41, 5.74) is 6.76. The number of aryl methyl sites for hydroxylation is 2. The Morgan fingerprint density at radius 1 is 1.24 bits per heavy atom. The van der Waals surface area contributed by atoms with Gasteiger partial charge in [-0.25, -0.2) is 9.59 Å². The number of carboxylic acid groups (broad SMARTS) is 1. The van der Waals surface area contributed by atoms with E-state index in [1.54, 1.807) is 19.9 Å². The van der Waals surface area contributed by atoms with Gasteiger partial charge in [0.1, 0.15) is 0 Å². The Morgan fingerprint density at radius 3 is 2.48 bits per heavy atom.